The molecule has 1 aliphatic rings. The summed E-state index contributed by atoms with van der Waals surface area (Å²) in [5.41, 5.74) is 2.67. The number of carbonyl (C=O) groups excluding carboxylic acids is 3. The van der Waals surface area contributed by atoms with Crippen molar-refractivity contribution in [3.05, 3.63) is 23.8 Å². The molecule has 2 N–H and O–H groups in total. The Morgan fingerprint density at radius 2 is 2.04 bits per heavy atom. The van der Waals surface area contributed by atoms with Gasteiger partial charge in [-0.15, -0.1) is 0 Å². The predicted octanol–water partition coefficient (Wildman–Crippen LogP) is -1.45. The Morgan fingerprint density at radius 3 is 2.67 bits per heavy atom. The molecule has 0 atom stereocenters. The Balaban J connectivity index is 1.92. The number of nitrogens with zero attached hydrogens (tertiary/aromatic N) is 1. The molecule has 1 aromatic carbocycles. The van der Waals surface area contributed by atoms with Gasteiger partial charge in [-0.1, -0.05) is 0 Å². The van der Waals surface area contributed by atoms with E-state index in [1.165, 1.54) is 25.5 Å². The molecule has 0 aromatic heterocycles. The maximum Gasteiger partial charge on any atom is 0.329 e. The van der Waals surface area contributed by atoms with Crippen LogP contribution in [0, 0.1) is 0 Å². The van der Waals surface area contributed by atoms with E-state index >= 15 is 0 Å². The molecule has 1 fully saturated rings. The van der Waals surface area contributed by atoms with E-state index in [2.05, 4.69) is 15.8 Å². The van der Waals surface area contributed by atoms with Gasteiger partial charge in [0, 0.05) is 6.04 Å². The fourth-order valence-corrected chi connectivity index (χ4v) is 1.72. The lowest BCUT2D eigenvalue weighted by atomic mass is 10.2. The van der Waals surface area contributed by atoms with Crippen LogP contribution in [0.3, 0.4) is 0 Å². The zero-order valence-electron chi connectivity index (χ0n) is 12.9. The molecule has 24 heavy (non-hydrogen) atoms. The molecule has 2 rings (SSSR count). The van der Waals surface area contributed by atoms with Gasteiger partial charge >= 0.3 is 11.8 Å². The van der Waals surface area contributed by atoms with E-state index in [0.717, 1.165) is 12.8 Å². The maximum atomic E-state index is 11.5. The summed E-state index contributed by atoms with van der Waals surface area (Å²) >= 11 is 0. The molecule has 0 saturated heterocycles. The molecule has 0 radical (unpaired) electrons. The second-order valence-electron chi connectivity index (χ2n) is 5.02. The van der Waals surface area contributed by atoms with Crippen LogP contribution in [0.1, 0.15) is 18.4 Å². The van der Waals surface area contributed by atoms with Crippen molar-refractivity contribution in [1.29, 1.82) is 0 Å². The number of carboxylic acid groups (broad SMARTS) is 1. The summed E-state index contributed by atoms with van der Waals surface area (Å²) in [7, 11) is 1.39. The minimum absolute atomic E-state index is 0.0880. The fourth-order valence-electron chi connectivity index (χ4n) is 1.72. The van der Waals surface area contributed by atoms with Crippen LogP contribution in [0.5, 0.6) is 11.5 Å². The van der Waals surface area contributed by atoms with Gasteiger partial charge in [0.15, 0.2) is 11.5 Å². The van der Waals surface area contributed by atoms with Crippen molar-refractivity contribution in [3.8, 4) is 11.5 Å². The molecule has 1 aliphatic carbocycles. The van der Waals surface area contributed by atoms with E-state index in [4.69, 9.17) is 9.47 Å². The van der Waals surface area contributed by atoms with Crippen molar-refractivity contribution in [2.45, 2.75) is 18.9 Å². The molecule has 1 saturated carbocycles. The molecule has 0 unspecified atom stereocenters. The van der Waals surface area contributed by atoms with Gasteiger partial charge in [0.1, 0.15) is 6.61 Å². The van der Waals surface area contributed by atoms with Crippen LogP contribution in [0.4, 0.5) is 0 Å². The van der Waals surface area contributed by atoms with Crippen LogP contribution in [0.15, 0.2) is 23.3 Å². The highest BCUT2D eigenvalue weighted by Crippen LogP contribution is 2.27. The Kier molecular flexibility index (Phi) is 5.72. The minimum Gasteiger partial charge on any atom is -0.546 e. The summed E-state index contributed by atoms with van der Waals surface area (Å²) < 4.78 is 10.1. The lowest BCUT2D eigenvalue weighted by Gasteiger charge is -2.11. The summed E-state index contributed by atoms with van der Waals surface area (Å²) in [6.45, 7) is -0.601. The number of hydrazone groups is 1. The Morgan fingerprint density at radius 1 is 1.29 bits per heavy atom. The number of nitrogens with one attached hydrogen (secondary N) is 2. The van der Waals surface area contributed by atoms with Crippen molar-refractivity contribution >= 4 is 24.0 Å². The second-order valence-corrected chi connectivity index (χ2v) is 5.02. The Hall–Kier alpha value is -3.10. The molecule has 0 bridgehead atoms. The zero-order chi connectivity index (χ0) is 17.5. The van der Waals surface area contributed by atoms with Crippen molar-refractivity contribution < 1.29 is 29.0 Å². The number of carboxylic acids is 1. The quantitative estimate of drug-likeness (QED) is 0.357. The number of methoxy groups -OCH3 is 1. The topological polar surface area (TPSA) is 129 Å². The van der Waals surface area contributed by atoms with E-state index in [0.29, 0.717) is 5.56 Å². The zero-order valence-corrected chi connectivity index (χ0v) is 12.9. The van der Waals surface area contributed by atoms with Gasteiger partial charge in [-0.2, -0.15) is 5.10 Å². The number of ether oxygens (including phenoxy) is 2. The number of hydrogen-bond donors (Lipinski definition) is 2. The predicted molar refractivity (Wildman–Crippen MR) is 80.4 cm³/mol. The molecule has 9 nitrogen and oxygen atoms in total. The first-order valence-corrected chi connectivity index (χ1v) is 7.14. The van der Waals surface area contributed by atoms with E-state index < -0.39 is 24.4 Å². The van der Waals surface area contributed by atoms with Crippen molar-refractivity contribution in [2.75, 3.05) is 13.7 Å². The third kappa shape index (κ3) is 5.27. The highest BCUT2D eigenvalue weighted by Gasteiger charge is 2.26. The molecule has 128 valence electrons. The molecule has 0 aliphatic heterocycles. The molecule has 9 heteroatoms. The Labute approximate surface area is 137 Å². The van der Waals surface area contributed by atoms with Gasteiger partial charge in [0.05, 0.1) is 19.3 Å². The maximum absolute atomic E-state index is 11.5. The molecule has 0 heterocycles. The smallest absolute Gasteiger partial charge is 0.329 e. The molecular formula is C15H16N3O6-. The van der Waals surface area contributed by atoms with Crippen LogP contribution in [-0.2, 0) is 14.4 Å². The Bertz CT molecular complexity index is 669. The van der Waals surface area contributed by atoms with Crippen LogP contribution in [0.25, 0.3) is 0 Å². The summed E-state index contributed by atoms with van der Waals surface area (Å²) in [4.78, 5) is 33.3. The first-order chi connectivity index (χ1) is 11.5. The average molecular weight is 334 g/mol. The van der Waals surface area contributed by atoms with Gasteiger partial charge in [-0.05, 0) is 36.6 Å². The number of benzene rings is 1. The molecular weight excluding hydrogens is 318 g/mol. The van der Waals surface area contributed by atoms with Crippen LogP contribution in [-0.4, -0.2) is 43.8 Å². The second kappa shape index (κ2) is 7.95. The van der Waals surface area contributed by atoms with Gasteiger partial charge in [0.25, 0.3) is 0 Å². The highest BCUT2D eigenvalue weighted by atomic mass is 16.5. The number of amides is 2. The minimum atomic E-state index is -1.35. The normalized spacial score (nSPS) is 13.4. The van der Waals surface area contributed by atoms with Gasteiger partial charge in [-0.25, -0.2) is 5.43 Å². The van der Waals surface area contributed by atoms with Crippen LogP contribution in [0.2, 0.25) is 0 Å². The lowest BCUT2D eigenvalue weighted by Crippen LogP contribution is -2.38. The third-order valence-corrected chi connectivity index (χ3v) is 3.03. The third-order valence-electron chi connectivity index (χ3n) is 3.03. The van der Waals surface area contributed by atoms with Gasteiger partial charge in [0.2, 0.25) is 0 Å². The van der Waals surface area contributed by atoms with E-state index in [-0.39, 0.29) is 17.5 Å². The number of aliphatic carboxylic acids is 1. The monoisotopic (exact) mass is 334 g/mol. The summed E-state index contributed by atoms with van der Waals surface area (Å²) in [6, 6.07) is 4.69. The largest absolute Gasteiger partial charge is 0.546 e. The lowest BCUT2D eigenvalue weighted by molar-refractivity contribution is -0.307. The van der Waals surface area contributed by atoms with E-state index in [9.17, 15) is 19.5 Å². The summed E-state index contributed by atoms with van der Waals surface area (Å²) in [5, 5.41) is 16.6. The fraction of sp³-hybridized carbons (Fsp3) is 0.333. The van der Waals surface area contributed by atoms with Crippen molar-refractivity contribution in [1.82, 2.24) is 10.7 Å². The molecule has 0 spiro atoms. The molecule has 2 amide bonds. The van der Waals surface area contributed by atoms with Gasteiger partial charge < -0.3 is 24.7 Å². The average Bonchev–Trinajstić information content (AvgIpc) is 3.37. The summed E-state index contributed by atoms with van der Waals surface area (Å²) in [6.07, 6.45) is 3.08. The van der Waals surface area contributed by atoms with Crippen LogP contribution >= 0.6 is 0 Å². The first kappa shape index (κ1) is 17.3. The first-order valence-electron chi connectivity index (χ1n) is 7.14. The van der Waals surface area contributed by atoms with E-state index in [1.54, 1.807) is 6.07 Å². The van der Waals surface area contributed by atoms with Crippen LogP contribution < -0.4 is 25.3 Å². The number of carbonyl (C=O) groups is 3. The van der Waals surface area contributed by atoms with E-state index in [1.807, 2.05) is 0 Å². The summed E-state index contributed by atoms with van der Waals surface area (Å²) in [5.74, 6) is -2.41. The van der Waals surface area contributed by atoms with Crippen molar-refractivity contribution in [3.63, 3.8) is 0 Å². The van der Waals surface area contributed by atoms with Crippen molar-refractivity contribution in [2.24, 2.45) is 5.10 Å². The highest BCUT2D eigenvalue weighted by molar-refractivity contribution is 6.35. The number of hydrogen-bond acceptors (Lipinski definition) is 7. The molecule has 1 aromatic rings. The standard InChI is InChI=1S/C15H17N3O6/c1-23-12-6-9(2-5-11(12)24-8-13(19)20)7-16-18-15(22)14(21)17-10-3-4-10/h2,5-7,10H,3-4,8H2,1H3,(H,17,21)(H,18,22)(H,19,20)/p-1/b16-7-. The SMILES string of the molecule is COc1cc(/C=N\NC(=O)C(=O)NC2CC2)ccc1OCC(=O)[O-]. The van der Waals surface area contributed by atoms with Gasteiger partial charge in [-0.3, -0.25) is 9.59 Å². The number of rotatable bonds is 7.